The number of hydrogen-bond acceptors (Lipinski definition) is 2. The molecule has 0 aliphatic heterocycles. The Bertz CT molecular complexity index is 551. The van der Waals surface area contributed by atoms with Crippen LogP contribution in [0, 0.1) is 6.92 Å². The third-order valence-electron chi connectivity index (χ3n) is 3.07. The first kappa shape index (κ1) is 13.8. The summed E-state index contributed by atoms with van der Waals surface area (Å²) >= 11 is 5.87. The van der Waals surface area contributed by atoms with Crippen LogP contribution in [0.25, 0.3) is 0 Å². The summed E-state index contributed by atoms with van der Waals surface area (Å²) in [6.45, 7) is 4.03. The highest BCUT2D eigenvalue weighted by Crippen LogP contribution is 2.21. The molecule has 1 unspecified atom stereocenters. The van der Waals surface area contributed by atoms with Gasteiger partial charge in [-0.3, -0.25) is 0 Å². The molecule has 3 heteroatoms. The molecule has 0 aromatic heterocycles. The maximum Gasteiger partial charge on any atom is 0.118 e. The second kappa shape index (κ2) is 5.98. The van der Waals surface area contributed by atoms with Crippen LogP contribution >= 0.6 is 11.6 Å². The van der Waals surface area contributed by atoms with Gasteiger partial charge in [0, 0.05) is 16.8 Å². The molecule has 0 spiro atoms. The van der Waals surface area contributed by atoms with Crippen LogP contribution in [-0.2, 0) is 6.42 Å². The number of halogens is 1. The van der Waals surface area contributed by atoms with E-state index in [1.165, 1.54) is 5.56 Å². The number of phenols is 1. The highest BCUT2D eigenvalue weighted by molar-refractivity contribution is 6.30. The van der Waals surface area contributed by atoms with Gasteiger partial charge < -0.3 is 10.4 Å². The van der Waals surface area contributed by atoms with E-state index >= 15 is 0 Å². The molecular weight excluding hydrogens is 258 g/mol. The first-order valence-electron chi connectivity index (χ1n) is 6.35. The first-order valence-corrected chi connectivity index (χ1v) is 6.73. The summed E-state index contributed by atoms with van der Waals surface area (Å²) < 4.78 is 0. The second-order valence-electron chi connectivity index (χ2n) is 4.88. The predicted octanol–water partition coefficient (Wildman–Crippen LogP) is 4.40. The standard InChI is InChI=1S/C16H18ClNO/c1-11-9-15(7-8-16(11)19)18-12(2)10-13-3-5-14(17)6-4-13/h3-9,12,18-19H,10H2,1-2H3. The minimum absolute atomic E-state index is 0.310. The van der Waals surface area contributed by atoms with Gasteiger partial charge in [0.15, 0.2) is 0 Å². The molecule has 0 aliphatic rings. The maximum atomic E-state index is 9.50. The SMILES string of the molecule is Cc1cc(NC(C)Cc2ccc(Cl)cc2)ccc1O. The summed E-state index contributed by atoms with van der Waals surface area (Å²) in [4.78, 5) is 0. The van der Waals surface area contributed by atoms with Gasteiger partial charge in [0.25, 0.3) is 0 Å². The lowest BCUT2D eigenvalue weighted by atomic mass is 10.1. The fraction of sp³-hybridized carbons (Fsp3) is 0.250. The van der Waals surface area contributed by atoms with Crippen molar-refractivity contribution in [1.82, 2.24) is 0 Å². The largest absolute Gasteiger partial charge is 0.508 e. The number of hydrogen-bond donors (Lipinski definition) is 2. The molecule has 2 aromatic rings. The van der Waals surface area contributed by atoms with Crippen molar-refractivity contribution in [3.63, 3.8) is 0 Å². The van der Waals surface area contributed by atoms with E-state index in [1.54, 1.807) is 6.07 Å². The van der Waals surface area contributed by atoms with E-state index < -0.39 is 0 Å². The van der Waals surface area contributed by atoms with Gasteiger partial charge in [-0.15, -0.1) is 0 Å². The molecule has 0 heterocycles. The molecule has 0 radical (unpaired) electrons. The van der Waals surface area contributed by atoms with Crippen LogP contribution in [0.5, 0.6) is 5.75 Å². The third kappa shape index (κ3) is 3.90. The van der Waals surface area contributed by atoms with Crippen LogP contribution in [0.1, 0.15) is 18.1 Å². The Balaban J connectivity index is 1.98. The van der Waals surface area contributed by atoms with Gasteiger partial charge in [0.2, 0.25) is 0 Å². The van der Waals surface area contributed by atoms with Crippen LogP contribution in [-0.4, -0.2) is 11.1 Å². The summed E-state index contributed by atoms with van der Waals surface area (Å²) in [5, 5.41) is 13.7. The average Bonchev–Trinajstić information content (AvgIpc) is 2.37. The normalized spacial score (nSPS) is 12.2. The van der Waals surface area contributed by atoms with E-state index in [0.29, 0.717) is 11.8 Å². The summed E-state index contributed by atoms with van der Waals surface area (Å²) in [6.07, 6.45) is 0.928. The van der Waals surface area contributed by atoms with Crippen molar-refractivity contribution >= 4 is 17.3 Å². The van der Waals surface area contributed by atoms with Crippen molar-refractivity contribution in [3.05, 3.63) is 58.6 Å². The zero-order valence-electron chi connectivity index (χ0n) is 11.2. The van der Waals surface area contributed by atoms with Crippen molar-refractivity contribution in [2.75, 3.05) is 5.32 Å². The van der Waals surface area contributed by atoms with Gasteiger partial charge in [-0.25, -0.2) is 0 Å². The van der Waals surface area contributed by atoms with Gasteiger partial charge in [-0.2, -0.15) is 0 Å². The lowest BCUT2D eigenvalue weighted by Crippen LogP contribution is -2.18. The summed E-state index contributed by atoms with van der Waals surface area (Å²) in [5.41, 5.74) is 3.15. The number of phenolic OH excluding ortho intramolecular Hbond substituents is 1. The minimum atomic E-state index is 0.310. The fourth-order valence-electron chi connectivity index (χ4n) is 2.05. The Kier molecular flexibility index (Phi) is 4.33. The highest BCUT2D eigenvalue weighted by atomic mass is 35.5. The van der Waals surface area contributed by atoms with Gasteiger partial charge in [0.1, 0.15) is 5.75 Å². The smallest absolute Gasteiger partial charge is 0.118 e. The predicted molar refractivity (Wildman–Crippen MR) is 81.1 cm³/mol. The first-order chi connectivity index (χ1) is 9.04. The monoisotopic (exact) mass is 275 g/mol. The van der Waals surface area contributed by atoms with Crippen molar-refractivity contribution in [3.8, 4) is 5.75 Å². The Morgan fingerprint density at radius 2 is 1.84 bits per heavy atom. The average molecular weight is 276 g/mol. The van der Waals surface area contributed by atoms with Crippen molar-refractivity contribution in [2.24, 2.45) is 0 Å². The maximum absolute atomic E-state index is 9.50. The number of nitrogens with one attached hydrogen (secondary N) is 1. The van der Waals surface area contributed by atoms with E-state index in [1.807, 2.05) is 43.3 Å². The number of benzene rings is 2. The molecule has 0 amide bonds. The highest BCUT2D eigenvalue weighted by Gasteiger charge is 2.05. The van der Waals surface area contributed by atoms with Crippen molar-refractivity contribution in [1.29, 1.82) is 0 Å². The quantitative estimate of drug-likeness (QED) is 0.811. The molecule has 0 saturated carbocycles. The number of rotatable bonds is 4. The molecule has 2 rings (SSSR count). The molecule has 2 N–H and O–H groups in total. The topological polar surface area (TPSA) is 32.3 Å². The molecule has 0 aliphatic carbocycles. The Morgan fingerprint density at radius 1 is 1.16 bits per heavy atom. The molecular formula is C16H18ClNO. The fourth-order valence-corrected chi connectivity index (χ4v) is 2.18. The lowest BCUT2D eigenvalue weighted by molar-refractivity contribution is 0.471. The molecule has 19 heavy (non-hydrogen) atoms. The molecule has 2 nitrogen and oxygen atoms in total. The van der Waals surface area contributed by atoms with Gasteiger partial charge >= 0.3 is 0 Å². The minimum Gasteiger partial charge on any atom is -0.508 e. The van der Waals surface area contributed by atoms with Crippen LogP contribution in [0.3, 0.4) is 0 Å². The van der Waals surface area contributed by atoms with Crippen molar-refractivity contribution < 1.29 is 5.11 Å². The Hall–Kier alpha value is -1.67. The Morgan fingerprint density at radius 3 is 2.47 bits per heavy atom. The van der Waals surface area contributed by atoms with Gasteiger partial charge in [0.05, 0.1) is 0 Å². The second-order valence-corrected chi connectivity index (χ2v) is 5.31. The van der Waals surface area contributed by atoms with Crippen LogP contribution in [0.4, 0.5) is 5.69 Å². The molecule has 100 valence electrons. The zero-order chi connectivity index (χ0) is 13.8. The molecule has 0 saturated heterocycles. The third-order valence-corrected chi connectivity index (χ3v) is 3.32. The molecule has 0 fully saturated rings. The zero-order valence-corrected chi connectivity index (χ0v) is 11.9. The molecule has 2 aromatic carbocycles. The Labute approximate surface area is 119 Å². The van der Waals surface area contributed by atoms with Crippen LogP contribution in [0.15, 0.2) is 42.5 Å². The molecule has 0 bridgehead atoms. The lowest BCUT2D eigenvalue weighted by Gasteiger charge is -2.16. The van der Waals surface area contributed by atoms with E-state index in [9.17, 15) is 5.11 Å². The van der Waals surface area contributed by atoms with E-state index in [0.717, 1.165) is 22.7 Å². The van der Waals surface area contributed by atoms with Crippen molar-refractivity contribution in [2.45, 2.75) is 26.3 Å². The van der Waals surface area contributed by atoms with E-state index in [4.69, 9.17) is 11.6 Å². The van der Waals surface area contributed by atoms with Gasteiger partial charge in [-0.1, -0.05) is 23.7 Å². The van der Waals surface area contributed by atoms with Crippen LogP contribution < -0.4 is 5.32 Å². The van der Waals surface area contributed by atoms with E-state index in [2.05, 4.69) is 12.2 Å². The number of anilines is 1. The van der Waals surface area contributed by atoms with Crippen LogP contribution in [0.2, 0.25) is 5.02 Å². The summed E-state index contributed by atoms with van der Waals surface area (Å²) in [5.74, 6) is 0.330. The van der Waals surface area contributed by atoms with E-state index in [-0.39, 0.29) is 0 Å². The van der Waals surface area contributed by atoms with Gasteiger partial charge in [-0.05, 0) is 61.7 Å². The number of aromatic hydroxyl groups is 1. The number of aryl methyl sites for hydroxylation is 1. The molecule has 1 atom stereocenters. The summed E-state index contributed by atoms with van der Waals surface area (Å²) in [6, 6.07) is 13.8. The summed E-state index contributed by atoms with van der Waals surface area (Å²) in [7, 11) is 0.